The summed E-state index contributed by atoms with van der Waals surface area (Å²) in [5.74, 6) is -2.47. The van der Waals surface area contributed by atoms with E-state index in [1.54, 1.807) is 0 Å². The lowest BCUT2D eigenvalue weighted by Gasteiger charge is -1.96. The third-order valence-corrected chi connectivity index (χ3v) is 2.44. The lowest BCUT2D eigenvalue weighted by atomic mass is 10.1. The van der Waals surface area contributed by atoms with Crippen LogP contribution in [0.4, 0.5) is 0 Å². The van der Waals surface area contributed by atoms with Crippen molar-refractivity contribution >= 4 is 21.9 Å². The molecule has 1 aromatic heterocycles. The Bertz CT molecular complexity index is 378. The number of alkyl halides is 1. The van der Waals surface area contributed by atoms with Gasteiger partial charge in [0.25, 0.3) is 5.76 Å². The summed E-state index contributed by atoms with van der Waals surface area (Å²) in [6.07, 6.45) is 3.14. The quantitative estimate of drug-likeness (QED) is 0.636. The van der Waals surface area contributed by atoms with E-state index in [0.717, 1.165) is 24.6 Å². The monoisotopic (exact) mass is 278 g/mol. The van der Waals surface area contributed by atoms with Crippen LogP contribution in [0, 0.1) is 0 Å². The summed E-state index contributed by atoms with van der Waals surface area (Å²) < 4.78 is 9.04. The Labute approximate surface area is 94.2 Å². The molecule has 6 heteroatoms. The van der Waals surface area contributed by atoms with Crippen LogP contribution in [0.5, 0.6) is 0 Å². The van der Waals surface area contributed by atoms with Gasteiger partial charge in [0, 0.05) is 11.8 Å². The van der Waals surface area contributed by atoms with E-state index in [9.17, 15) is 9.59 Å². The maximum atomic E-state index is 10.7. The van der Waals surface area contributed by atoms with Crippen LogP contribution in [0.25, 0.3) is 0 Å². The lowest BCUT2D eigenvalue weighted by molar-refractivity contribution is 0.0658. The van der Waals surface area contributed by atoms with E-state index in [1.807, 2.05) is 0 Å². The number of rotatable bonds is 6. The van der Waals surface area contributed by atoms with Gasteiger partial charge < -0.3 is 13.9 Å². The maximum absolute atomic E-state index is 10.7. The average Bonchev–Trinajstić information content (AvgIpc) is 2.55. The van der Waals surface area contributed by atoms with Crippen LogP contribution >= 0.6 is 15.9 Å². The molecule has 0 aliphatic rings. The number of carboxylic acids is 1. The molecule has 0 saturated heterocycles. The molecular weight excluding hydrogens is 268 g/mol. The largest absolute Gasteiger partial charge is 0.519 e. The minimum atomic E-state index is -1.27. The molecule has 15 heavy (non-hydrogen) atoms. The first-order valence-corrected chi connectivity index (χ1v) is 5.69. The number of aromatic carboxylic acids is 1. The van der Waals surface area contributed by atoms with Crippen molar-refractivity contribution < 1.29 is 18.7 Å². The van der Waals surface area contributed by atoms with Crippen LogP contribution in [-0.4, -0.2) is 16.4 Å². The van der Waals surface area contributed by atoms with Crippen LogP contribution in [0.1, 0.15) is 35.6 Å². The van der Waals surface area contributed by atoms with Crippen molar-refractivity contribution in [1.29, 1.82) is 0 Å². The minimum Gasteiger partial charge on any atom is -0.475 e. The van der Waals surface area contributed by atoms with E-state index in [4.69, 9.17) is 5.11 Å². The second-order valence-electron chi connectivity index (χ2n) is 3.01. The molecule has 0 spiro atoms. The second kappa shape index (κ2) is 5.75. The molecule has 0 amide bonds. The van der Waals surface area contributed by atoms with Crippen LogP contribution in [-0.2, 0) is 6.42 Å². The van der Waals surface area contributed by atoms with Gasteiger partial charge in [-0.1, -0.05) is 22.4 Å². The Balaban J connectivity index is 2.60. The predicted molar refractivity (Wildman–Crippen MR) is 55.6 cm³/mol. The van der Waals surface area contributed by atoms with Gasteiger partial charge in [-0.15, -0.1) is 0 Å². The molecule has 84 valence electrons. The van der Waals surface area contributed by atoms with E-state index in [1.165, 1.54) is 0 Å². The molecule has 0 aromatic carbocycles. The summed E-state index contributed by atoms with van der Waals surface area (Å²) in [7, 11) is 0. The topological polar surface area (TPSA) is 80.6 Å². The zero-order valence-corrected chi connectivity index (χ0v) is 9.58. The highest BCUT2D eigenvalue weighted by molar-refractivity contribution is 9.09. The fourth-order valence-electron chi connectivity index (χ4n) is 1.19. The summed E-state index contributed by atoms with van der Waals surface area (Å²) in [4.78, 5) is 21.3. The Kier molecular flexibility index (Phi) is 4.61. The Morgan fingerprint density at radius 3 is 2.60 bits per heavy atom. The molecule has 5 nitrogen and oxygen atoms in total. The molecule has 0 unspecified atom stereocenters. The molecule has 0 fully saturated rings. The highest BCUT2D eigenvalue weighted by atomic mass is 79.9. The van der Waals surface area contributed by atoms with Crippen molar-refractivity contribution in [2.45, 2.75) is 25.7 Å². The highest BCUT2D eigenvalue weighted by Crippen LogP contribution is 2.11. The first-order chi connectivity index (χ1) is 7.15. The zero-order valence-electron chi connectivity index (χ0n) is 7.99. The molecule has 0 atom stereocenters. The fraction of sp³-hybridized carbons (Fsp3) is 0.556. The van der Waals surface area contributed by atoms with Crippen molar-refractivity contribution in [3.8, 4) is 0 Å². The molecule has 0 bridgehead atoms. The van der Waals surface area contributed by atoms with Crippen LogP contribution < -0.4 is 5.82 Å². The molecule has 1 N–H and O–H groups in total. The standard InChI is InChI=1S/C9H11BrO5/c10-5-3-1-2-4-6-7(8(11)12)15-9(13)14-6/h1-5H2,(H,11,12). The summed E-state index contributed by atoms with van der Waals surface area (Å²) in [6.45, 7) is 0. The Hall–Kier alpha value is -1.04. The smallest absolute Gasteiger partial charge is 0.475 e. The summed E-state index contributed by atoms with van der Waals surface area (Å²) in [6, 6.07) is 0. The summed E-state index contributed by atoms with van der Waals surface area (Å²) in [5.41, 5.74) is 0. The third kappa shape index (κ3) is 3.54. The van der Waals surface area contributed by atoms with Gasteiger partial charge in [0.05, 0.1) is 0 Å². The number of carboxylic acid groups (broad SMARTS) is 1. The van der Waals surface area contributed by atoms with Gasteiger partial charge in [-0.05, 0) is 12.8 Å². The predicted octanol–water partition coefficient (Wildman–Crippen LogP) is 2.04. The van der Waals surface area contributed by atoms with Gasteiger partial charge in [0.2, 0.25) is 0 Å². The van der Waals surface area contributed by atoms with Gasteiger partial charge in [-0.25, -0.2) is 9.59 Å². The van der Waals surface area contributed by atoms with Gasteiger partial charge in [-0.2, -0.15) is 0 Å². The van der Waals surface area contributed by atoms with Crippen LogP contribution in [0.2, 0.25) is 0 Å². The third-order valence-electron chi connectivity index (χ3n) is 1.88. The van der Waals surface area contributed by atoms with Gasteiger partial charge in [-0.3, -0.25) is 0 Å². The second-order valence-corrected chi connectivity index (χ2v) is 3.80. The fourth-order valence-corrected chi connectivity index (χ4v) is 1.59. The van der Waals surface area contributed by atoms with E-state index in [-0.39, 0.29) is 11.5 Å². The van der Waals surface area contributed by atoms with Crippen molar-refractivity contribution in [1.82, 2.24) is 0 Å². The molecule has 0 radical (unpaired) electrons. The molecule has 1 rings (SSSR count). The maximum Gasteiger partial charge on any atom is 0.519 e. The van der Waals surface area contributed by atoms with E-state index < -0.39 is 11.8 Å². The Morgan fingerprint density at radius 2 is 2.00 bits per heavy atom. The van der Waals surface area contributed by atoms with Gasteiger partial charge >= 0.3 is 11.8 Å². The first-order valence-electron chi connectivity index (χ1n) is 4.57. The molecule has 0 saturated carbocycles. The van der Waals surface area contributed by atoms with E-state index >= 15 is 0 Å². The SMILES string of the molecule is O=C(O)c1oc(=O)oc1CCCCCBr. The van der Waals surface area contributed by atoms with Gasteiger partial charge in [0.1, 0.15) is 0 Å². The minimum absolute atomic E-state index is 0.127. The molecular formula is C9H11BrO5. The van der Waals surface area contributed by atoms with E-state index in [0.29, 0.717) is 6.42 Å². The van der Waals surface area contributed by atoms with Crippen LogP contribution in [0.15, 0.2) is 13.6 Å². The molecule has 1 aromatic rings. The summed E-state index contributed by atoms with van der Waals surface area (Å²) >= 11 is 3.29. The summed E-state index contributed by atoms with van der Waals surface area (Å²) in [5, 5.41) is 9.59. The Morgan fingerprint density at radius 1 is 1.27 bits per heavy atom. The first kappa shape index (κ1) is 12.0. The number of hydrogen-bond acceptors (Lipinski definition) is 4. The van der Waals surface area contributed by atoms with Crippen molar-refractivity contribution in [3.05, 3.63) is 22.1 Å². The normalized spacial score (nSPS) is 10.5. The van der Waals surface area contributed by atoms with Gasteiger partial charge in [0.15, 0.2) is 5.76 Å². The van der Waals surface area contributed by atoms with Crippen molar-refractivity contribution in [3.63, 3.8) is 0 Å². The number of hydrogen-bond donors (Lipinski definition) is 1. The molecule has 0 aliphatic heterocycles. The number of halogens is 1. The molecule has 0 aliphatic carbocycles. The van der Waals surface area contributed by atoms with E-state index in [2.05, 4.69) is 24.8 Å². The van der Waals surface area contributed by atoms with Crippen molar-refractivity contribution in [2.75, 3.05) is 5.33 Å². The lowest BCUT2D eigenvalue weighted by Crippen LogP contribution is -1.99. The zero-order chi connectivity index (χ0) is 11.3. The number of aryl methyl sites for hydroxylation is 1. The molecule has 1 heterocycles. The van der Waals surface area contributed by atoms with Crippen LogP contribution in [0.3, 0.4) is 0 Å². The van der Waals surface area contributed by atoms with Crippen molar-refractivity contribution in [2.24, 2.45) is 0 Å². The average molecular weight is 279 g/mol. The highest BCUT2D eigenvalue weighted by Gasteiger charge is 2.18. The number of unbranched alkanes of at least 4 members (excludes halogenated alkanes) is 2. The number of carbonyl (C=O) groups is 1.